The Bertz CT molecular complexity index is 954. The largest absolute Gasteiger partial charge is 0.507 e. The van der Waals surface area contributed by atoms with Crippen molar-refractivity contribution in [2.45, 2.75) is 88.0 Å². The summed E-state index contributed by atoms with van der Waals surface area (Å²) in [6.45, 7) is 4.60. The van der Waals surface area contributed by atoms with Crippen LogP contribution in [0.4, 0.5) is 0 Å². The molecule has 3 rings (SSSR count). The Balaban J connectivity index is 1.90. The summed E-state index contributed by atoms with van der Waals surface area (Å²) in [5, 5.41) is 60.8. The maximum absolute atomic E-state index is 11.9. The molecule has 0 aromatic heterocycles. The number of aromatic hydroxyl groups is 1. The molecule has 1 aromatic rings. The average Bonchev–Trinajstić information content (AvgIpc) is 3.22. The monoisotopic (exact) mass is 512 g/mol. The van der Waals surface area contributed by atoms with Gasteiger partial charge in [0.1, 0.15) is 35.9 Å². The van der Waals surface area contributed by atoms with Gasteiger partial charge in [0.25, 0.3) is 0 Å². The summed E-state index contributed by atoms with van der Waals surface area (Å²) < 4.78 is 21.9. The highest BCUT2D eigenvalue weighted by Crippen LogP contribution is 2.38. The topological polar surface area (TPSA) is 175 Å². The van der Waals surface area contributed by atoms with E-state index in [0.29, 0.717) is 18.4 Å². The van der Waals surface area contributed by atoms with Crippen molar-refractivity contribution in [3.8, 4) is 11.5 Å². The fourth-order valence-corrected chi connectivity index (χ4v) is 4.27. The van der Waals surface area contributed by atoms with Crippen LogP contribution in [0.1, 0.15) is 44.7 Å². The number of rotatable bonds is 8. The third kappa shape index (κ3) is 6.35. The number of methoxy groups -OCH3 is 1. The van der Waals surface area contributed by atoms with E-state index in [2.05, 4.69) is 0 Å². The quantitative estimate of drug-likeness (QED) is 0.259. The molecule has 2 heterocycles. The van der Waals surface area contributed by atoms with Gasteiger partial charge in [-0.05, 0) is 45.7 Å². The molecule has 36 heavy (non-hydrogen) atoms. The lowest BCUT2D eigenvalue weighted by molar-refractivity contribution is -0.277. The molecule has 0 unspecified atom stereocenters. The summed E-state index contributed by atoms with van der Waals surface area (Å²) in [6.07, 6.45) is -3.49. The molecule has 202 valence electrons. The molecule has 0 radical (unpaired) electrons. The number of esters is 1. The van der Waals surface area contributed by atoms with Crippen LogP contribution in [0.15, 0.2) is 18.2 Å². The molecular weight excluding hydrogens is 476 g/mol. The van der Waals surface area contributed by atoms with E-state index >= 15 is 0 Å². The van der Waals surface area contributed by atoms with E-state index in [1.165, 1.54) is 19.2 Å². The maximum atomic E-state index is 11.9. The van der Waals surface area contributed by atoms with E-state index in [1.807, 2.05) is 6.92 Å². The fraction of sp³-hybridized carbons (Fsp3) is 0.640. The highest BCUT2D eigenvalue weighted by atomic mass is 16.7. The molecule has 1 aromatic carbocycles. The number of hydrogen-bond acceptors (Lipinski definition) is 11. The number of phenols is 1. The third-order valence-electron chi connectivity index (χ3n) is 6.58. The van der Waals surface area contributed by atoms with E-state index in [0.717, 1.165) is 0 Å². The molecule has 2 fully saturated rings. The van der Waals surface area contributed by atoms with Crippen LogP contribution in [-0.2, 0) is 25.4 Å². The van der Waals surface area contributed by atoms with Gasteiger partial charge in [0, 0.05) is 11.1 Å². The first-order valence-corrected chi connectivity index (χ1v) is 11.8. The molecule has 0 spiro atoms. The minimum atomic E-state index is -1.66. The molecule has 2 aliphatic heterocycles. The minimum Gasteiger partial charge on any atom is -0.507 e. The van der Waals surface area contributed by atoms with Crippen molar-refractivity contribution in [1.29, 1.82) is 0 Å². The number of benzene rings is 1. The van der Waals surface area contributed by atoms with Crippen molar-refractivity contribution in [2.24, 2.45) is 0 Å². The Morgan fingerprint density at radius 2 is 1.92 bits per heavy atom. The predicted octanol–water partition coefficient (Wildman–Crippen LogP) is 0.00820. The molecule has 2 saturated heterocycles. The summed E-state index contributed by atoms with van der Waals surface area (Å²) in [4.78, 5) is 11.9. The lowest BCUT2D eigenvalue weighted by Crippen LogP contribution is -2.60. The van der Waals surface area contributed by atoms with Crippen LogP contribution in [0.3, 0.4) is 0 Å². The van der Waals surface area contributed by atoms with Gasteiger partial charge in [-0.15, -0.1) is 0 Å². The minimum absolute atomic E-state index is 0.0500. The molecule has 11 nitrogen and oxygen atoms in total. The number of carbonyl (C=O) groups excluding carboxylic acids is 1. The van der Waals surface area contributed by atoms with Crippen LogP contribution >= 0.6 is 0 Å². The van der Waals surface area contributed by atoms with Crippen LogP contribution in [0.25, 0.3) is 6.08 Å². The molecule has 0 saturated carbocycles. The van der Waals surface area contributed by atoms with Gasteiger partial charge < -0.3 is 49.6 Å². The first-order valence-electron chi connectivity index (χ1n) is 11.8. The number of ether oxygens (including phenoxy) is 4. The Labute approximate surface area is 209 Å². The van der Waals surface area contributed by atoms with Crippen LogP contribution in [0.5, 0.6) is 11.5 Å². The van der Waals surface area contributed by atoms with Gasteiger partial charge in [0.2, 0.25) is 6.29 Å². The number of aliphatic hydroxyl groups is 5. The van der Waals surface area contributed by atoms with E-state index in [4.69, 9.17) is 18.9 Å². The summed E-state index contributed by atoms with van der Waals surface area (Å²) >= 11 is 0. The zero-order valence-electron chi connectivity index (χ0n) is 20.8. The van der Waals surface area contributed by atoms with E-state index in [9.17, 15) is 35.4 Å². The van der Waals surface area contributed by atoms with Crippen molar-refractivity contribution in [1.82, 2.24) is 0 Å². The molecule has 7 atom stereocenters. The van der Waals surface area contributed by atoms with Crippen molar-refractivity contribution >= 4 is 12.0 Å². The summed E-state index contributed by atoms with van der Waals surface area (Å²) in [5.74, 6) is -0.721. The second-order valence-electron chi connectivity index (χ2n) is 10.0. The second-order valence-corrected chi connectivity index (χ2v) is 10.0. The van der Waals surface area contributed by atoms with Crippen LogP contribution in [0.2, 0.25) is 0 Å². The molecular formula is C25H36O11. The third-order valence-corrected chi connectivity index (χ3v) is 6.58. The van der Waals surface area contributed by atoms with Crippen molar-refractivity contribution in [3.63, 3.8) is 0 Å². The SMILES string of the molecule is COC(=O)Cc1cc(O)c(C=C[C@]2(C)CC[C@@H](C(C)(C)O)O2)cc1O[C@@H]1O[C@H](CO)[C@@H](O)[C@H](O)[C@H]1O. The van der Waals surface area contributed by atoms with Crippen molar-refractivity contribution in [3.05, 3.63) is 29.3 Å². The van der Waals surface area contributed by atoms with Crippen LogP contribution < -0.4 is 4.74 Å². The Kier molecular flexibility index (Phi) is 8.67. The molecule has 2 aliphatic rings. The molecule has 0 bridgehead atoms. The average molecular weight is 513 g/mol. The van der Waals surface area contributed by atoms with E-state index in [1.54, 1.807) is 26.0 Å². The van der Waals surface area contributed by atoms with Crippen molar-refractivity contribution < 1.29 is 54.4 Å². The molecule has 0 amide bonds. The second kappa shape index (κ2) is 11.0. The Hall–Kier alpha value is -2.25. The highest BCUT2D eigenvalue weighted by molar-refractivity contribution is 5.74. The first-order chi connectivity index (χ1) is 16.8. The van der Waals surface area contributed by atoms with Crippen LogP contribution in [-0.4, -0.2) is 98.3 Å². The first kappa shape index (κ1) is 28.3. The summed E-state index contributed by atoms with van der Waals surface area (Å²) in [6, 6.07) is 2.74. The number of aliphatic hydroxyl groups excluding tert-OH is 4. The van der Waals surface area contributed by atoms with E-state index < -0.39 is 54.5 Å². The normalized spacial score (nSPS) is 33.1. The van der Waals surface area contributed by atoms with Crippen molar-refractivity contribution in [2.75, 3.05) is 13.7 Å². The van der Waals surface area contributed by atoms with E-state index in [-0.39, 0.29) is 29.6 Å². The Morgan fingerprint density at radius 3 is 2.50 bits per heavy atom. The maximum Gasteiger partial charge on any atom is 0.310 e. The highest BCUT2D eigenvalue weighted by Gasteiger charge is 2.45. The van der Waals surface area contributed by atoms with Gasteiger partial charge in [0.05, 0.1) is 37.4 Å². The van der Waals surface area contributed by atoms with Crippen LogP contribution in [0, 0.1) is 0 Å². The predicted molar refractivity (Wildman–Crippen MR) is 126 cm³/mol. The standard InChI is InChI=1S/C25H36O11/c1-24(2,32)18-6-8-25(3,36-18)7-5-13-10-16(14(9-15(13)27)11-19(28)33-4)34-23-22(31)21(30)20(29)17(12-26)35-23/h5,7,9-10,17-18,20-23,26-27,29-32H,6,8,11-12H2,1-4H3/t17-,18+,20-,21+,22-,23-,25-/m1/s1. The lowest BCUT2D eigenvalue weighted by Gasteiger charge is -2.39. The number of carbonyl (C=O) groups is 1. The van der Waals surface area contributed by atoms with Gasteiger partial charge in [0.15, 0.2) is 0 Å². The molecule has 0 aliphatic carbocycles. The smallest absolute Gasteiger partial charge is 0.310 e. The van der Waals surface area contributed by atoms with Gasteiger partial charge in [-0.3, -0.25) is 4.79 Å². The summed E-state index contributed by atoms with van der Waals surface area (Å²) in [5.41, 5.74) is -1.17. The number of hydrogen-bond donors (Lipinski definition) is 6. The lowest BCUT2D eigenvalue weighted by atomic mass is 9.96. The fourth-order valence-electron chi connectivity index (χ4n) is 4.27. The Morgan fingerprint density at radius 1 is 1.22 bits per heavy atom. The zero-order valence-corrected chi connectivity index (χ0v) is 20.8. The molecule has 11 heteroatoms. The van der Waals surface area contributed by atoms with Gasteiger partial charge >= 0.3 is 5.97 Å². The molecule has 6 N–H and O–H groups in total. The van der Waals surface area contributed by atoms with Gasteiger partial charge in [-0.2, -0.15) is 0 Å². The number of phenolic OH excluding ortho intramolecular Hbond substituents is 1. The van der Waals surface area contributed by atoms with Gasteiger partial charge in [-0.1, -0.05) is 12.2 Å². The summed E-state index contributed by atoms with van der Waals surface area (Å²) in [7, 11) is 1.21. The van der Waals surface area contributed by atoms with Gasteiger partial charge in [-0.25, -0.2) is 0 Å². The zero-order chi connectivity index (χ0) is 26.8.